The van der Waals surface area contributed by atoms with E-state index in [-0.39, 0.29) is 16.5 Å². The topological polar surface area (TPSA) is 83.6 Å². The molecule has 0 atom stereocenters. The summed E-state index contributed by atoms with van der Waals surface area (Å²) in [7, 11) is 0. The summed E-state index contributed by atoms with van der Waals surface area (Å²) in [6.07, 6.45) is 1.68. The molecule has 1 fully saturated rings. The van der Waals surface area contributed by atoms with Gasteiger partial charge in [-0.2, -0.15) is 0 Å². The van der Waals surface area contributed by atoms with Crippen LogP contribution in [-0.2, 0) is 11.3 Å². The van der Waals surface area contributed by atoms with Crippen molar-refractivity contribution in [3.05, 3.63) is 65.3 Å². The molecule has 2 aromatic heterocycles. The molecule has 158 valence electrons. The van der Waals surface area contributed by atoms with Gasteiger partial charge in [-0.25, -0.2) is 9.97 Å². The van der Waals surface area contributed by atoms with Crippen LogP contribution in [-0.4, -0.2) is 56.0 Å². The number of phenolic OH excluding ortho intramolecular Hbond substituents is 2. The predicted octanol–water partition coefficient (Wildman–Crippen LogP) is 3.98. The van der Waals surface area contributed by atoms with Gasteiger partial charge in [0.15, 0.2) is 11.5 Å². The fourth-order valence-corrected chi connectivity index (χ4v) is 4.02. The van der Waals surface area contributed by atoms with Gasteiger partial charge >= 0.3 is 0 Å². The van der Waals surface area contributed by atoms with Crippen molar-refractivity contribution in [2.24, 2.45) is 0 Å². The summed E-state index contributed by atoms with van der Waals surface area (Å²) in [5, 5.41) is 20.4. The number of phenols is 2. The van der Waals surface area contributed by atoms with Crippen molar-refractivity contribution >= 4 is 22.8 Å². The van der Waals surface area contributed by atoms with E-state index in [1.165, 1.54) is 17.7 Å². The third kappa shape index (κ3) is 3.83. The molecule has 31 heavy (non-hydrogen) atoms. The number of imidazole rings is 1. The second-order valence-corrected chi connectivity index (χ2v) is 7.90. The fourth-order valence-electron chi connectivity index (χ4n) is 3.85. The Morgan fingerprint density at radius 3 is 2.55 bits per heavy atom. The van der Waals surface area contributed by atoms with Crippen LogP contribution in [0.2, 0.25) is 5.02 Å². The molecule has 1 aliphatic rings. The van der Waals surface area contributed by atoms with Crippen LogP contribution in [0.3, 0.4) is 0 Å². The number of rotatable bonds is 4. The molecular weight excluding hydrogens is 416 g/mol. The third-order valence-corrected chi connectivity index (χ3v) is 5.74. The number of hydrogen-bond donors (Lipinski definition) is 2. The van der Waals surface area contributed by atoms with Crippen molar-refractivity contribution in [3.8, 4) is 28.6 Å². The largest absolute Gasteiger partial charge is 0.507 e. The Kier molecular flexibility index (Phi) is 5.23. The zero-order chi connectivity index (χ0) is 21.4. The van der Waals surface area contributed by atoms with Gasteiger partial charge in [-0.3, -0.25) is 9.47 Å². The highest BCUT2D eigenvalue weighted by atomic mass is 35.5. The quantitative estimate of drug-likeness (QED) is 0.503. The van der Waals surface area contributed by atoms with E-state index in [0.717, 1.165) is 44.1 Å². The highest BCUT2D eigenvalue weighted by Crippen LogP contribution is 2.38. The third-order valence-electron chi connectivity index (χ3n) is 5.44. The number of aromatic nitrogens is 3. The fraction of sp³-hybridized carbons (Fsp3) is 0.217. The Bertz CT molecular complexity index is 1230. The van der Waals surface area contributed by atoms with E-state index in [1.807, 2.05) is 28.8 Å². The molecule has 5 rings (SSSR count). The van der Waals surface area contributed by atoms with Crippen molar-refractivity contribution in [1.29, 1.82) is 0 Å². The van der Waals surface area contributed by atoms with E-state index in [1.54, 1.807) is 6.20 Å². The molecule has 0 saturated carbocycles. The zero-order valence-electron chi connectivity index (χ0n) is 16.7. The Hall–Kier alpha value is -3.13. The molecule has 3 heterocycles. The lowest BCUT2D eigenvalue weighted by Gasteiger charge is -2.26. The summed E-state index contributed by atoms with van der Waals surface area (Å²) in [6.45, 7) is 4.29. The molecule has 0 aliphatic carbocycles. The molecule has 0 unspecified atom stereocenters. The maximum Gasteiger partial charge on any atom is 0.178 e. The smallest absolute Gasteiger partial charge is 0.178 e. The summed E-state index contributed by atoms with van der Waals surface area (Å²) < 4.78 is 7.36. The van der Waals surface area contributed by atoms with E-state index in [4.69, 9.17) is 16.3 Å². The van der Waals surface area contributed by atoms with Crippen LogP contribution in [0.1, 0.15) is 5.56 Å². The molecule has 7 nitrogen and oxygen atoms in total. The van der Waals surface area contributed by atoms with Gasteiger partial charge in [-0.15, -0.1) is 0 Å². The number of benzene rings is 2. The predicted molar refractivity (Wildman–Crippen MR) is 119 cm³/mol. The first kappa shape index (κ1) is 19.8. The zero-order valence-corrected chi connectivity index (χ0v) is 17.5. The van der Waals surface area contributed by atoms with E-state index in [9.17, 15) is 10.2 Å². The maximum absolute atomic E-state index is 10.5. The summed E-state index contributed by atoms with van der Waals surface area (Å²) in [4.78, 5) is 11.4. The van der Waals surface area contributed by atoms with Crippen LogP contribution in [0.15, 0.2) is 54.7 Å². The van der Waals surface area contributed by atoms with Gasteiger partial charge in [0.1, 0.15) is 11.5 Å². The van der Waals surface area contributed by atoms with Gasteiger partial charge in [-0.05, 0) is 35.9 Å². The lowest BCUT2D eigenvalue weighted by Crippen LogP contribution is -2.35. The maximum atomic E-state index is 10.5. The van der Waals surface area contributed by atoms with Crippen molar-refractivity contribution in [2.45, 2.75) is 6.54 Å². The molecular formula is C23H21ClN4O3. The number of pyridine rings is 1. The van der Waals surface area contributed by atoms with Crippen molar-refractivity contribution < 1.29 is 14.9 Å². The molecule has 0 radical (unpaired) electrons. The van der Waals surface area contributed by atoms with Crippen LogP contribution < -0.4 is 0 Å². The van der Waals surface area contributed by atoms with Gasteiger partial charge in [-0.1, -0.05) is 23.7 Å². The monoisotopic (exact) mass is 436 g/mol. The average Bonchev–Trinajstić information content (AvgIpc) is 3.17. The molecule has 2 aromatic carbocycles. The molecule has 1 aliphatic heterocycles. The van der Waals surface area contributed by atoms with Crippen LogP contribution in [0.4, 0.5) is 0 Å². The average molecular weight is 437 g/mol. The minimum Gasteiger partial charge on any atom is -0.507 e. The van der Waals surface area contributed by atoms with Crippen molar-refractivity contribution in [2.75, 3.05) is 26.3 Å². The van der Waals surface area contributed by atoms with Crippen LogP contribution in [0.5, 0.6) is 11.5 Å². The highest BCUT2D eigenvalue weighted by Gasteiger charge is 2.19. The first-order valence-corrected chi connectivity index (χ1v) is 10.4. The molecule has 1 saturated heterocycles. The number of nitrogens with zero attached hydrogens (tertiary/aromatic N) is 4. The molecule has 0 bridgehead atoms. The lowest BCUT2D eigenvalue weighted by atomic mass is 10.1. The molecule has 2 N–H and O–H groups in total. The number of morpholine rings is 1. The molecule has 0 spiro atoms. The second-order valence-electron chi connectivity index (χ2n) is 7.49. The van der Waals surface area contributed by atoms with E-state index >= 15 is 0 Å². The molecule has 8 heteroatoms. The van der Waals surface area contributed by atoms with Gasteiger partial charge in [0.25, 0.3) is 0 Å². The molecule has 0 amide bonds. The summed E-state index contributed by atoms with van der Waals surface area (Å²) >= 11 is 6.12. The summed E-state index contributed by atoms with van der Waals surface area (Å²) in [5.74, 6) is 0.201. The van der Waals surface area contributed by atoms with E-state index in [2.05, 4.69) is 27.0 Å². The number of halogens is 1. The Balaban J connectivity index is 1.58. The van der Waals surface area contributed by atoms with Crippen LogP contribution in [0, 0.1) is 0 Å². The van der Waals surface area contributed by atoms with Gasteiger partial charge < -0.3 is 14.9 Å². The van der Waals surface area contributed by atoms with Gasteiger partial charge in [0.2, 0.25) is 0 Å². The normalized spacial score (nSPS) is 14.9. The summed E-state index contributed by atoms with van der Waals surface area (Å²) in [6, 6.07) is 14.8. The van der Waals surface area contributed by atoms with E-state index in [0.29, 0.717) is 17.0 Å². The van der Waals surface area contributed by atoms with Gasteiger partial charge in [0.05, 0.1) is 29.3 Å². The van der Waals surface area contributed by atoms with Crippen molar-refractivity contribution in [1.82, 2.24) is 19.4 Å². The SMILES string of the molecule is Oc1cc(O)c(-c2nc3ncccc3n2-c2ccc(CN3CCOCC3)cc2)cc1Cl. The Labute approximate surface area is 184 Å². The van der Waals surface area contributed by atoms with Crippen molar-refractivity contribution in [3.63, 3.8) is 0 Å². The van der Waals surface area contributed by atoms with Gasteiger partial charge in [0, 0.05) is 37.6 Å². The number of fused-ring (bicyclic) bond motifs is 1. The first-order chi connectivity index (χ1) is 15.1. The first-order valence-electron chi connectivity index (χ1n) is 10.0. The Morgan fingerprint density at radius 1 is 1.00 bits per heavy atom. The standard InChI is InChI=1S/C23H21ClN4O3/c24-18-12-17(20(29)13-21(18)30)23-26-22-19(2-1-7-25-22)28(23)16-5-3-15(4-6-16)14-27-8-10-31-11-9-27/h1-7,12-13,29-30H,8-11,14H2. The molecule has 4 aromatic rings. The second kappa shape index (κ2) is 8.19. The van der Waals surface area contributed by atoms with Crippen LogP contribution in [0.25, 0.3) is 28.2 Å². The van der Waals surface area contributed by atoms with Crippen LogP contribution >= 0.6 is 11.6 Å². The number of hydrogen-bond acceptors (Lipinski definition) is 6. The lowest BCUT2D eigenvalue weighted by molar-refractivity contribution is 0.0342. The highest BCUT2D eigenvalue weighted by molar-refractivity contribution is 6.32. The Morgan fingerprint density at radius 2 is 1.77 bits per heavy atom. The van der Waals surface area contributed by atoms with E-state index < -0.39 is 0 Å². The number of aromatic hydroxyl groups is 2. The minimum absolute atomic E-state index is 0.109. The summed E-state index contributed by atoms with van der Waals surface area (Å²) in [5.41, 5.74) is 3.88. The number of ether oxygens (including phenoxy) is 1. The minimum atomic E-state index is -0.184.